The molecule has 1 heterocycles. The molecule has 5 nitrogen and oxygen atoms in total. The number of carbonyl (C=O) groups is 1. The summed E-state index contributed by atoms with van der Waals surface area (Å²) in [6, 6.07) is 6.93. The minimum Gasteiger partial charge on any atom is -0.366 e. The zero-order valence-electron chi connectivity index (χ0n) is 8.42. The van der Waals surface area contributed by atoms with Gasteiger partial charge in [0.2, 0.25) is 5.91 Å². The number of nitrogens with two attached hydrogens (primary N) is 1. The summed E-state index contributed by atoms with van der Waals surface area (Å²) in [5.74, 6) is -0.451. The van der Waals surface area contributed by atoms with Gasteiger partial charge in [-0.2, -0.15) is 0 Å². The second-order valence-corrected chi connectivity index (χ2v) is 3.20. The summed E-state index contributed by atoms with van der Waals surface area (Å²) in [4.78, 5) is 18.7. The summed E-state index contributed by atoms with van der Waals surface area (Å²) in [7, 11) is 0. The first kappa shape index (κ1) is 10.1. The summed E-state index contributed by atoms with van der Waals surface area (Å²) in [5.41, 5.74) is 7.17. The molecule has 3 N–H and O–H groups in total. The van der Waals surface area contributed by atoms with Gasteiger partial charge < -0.3 is 11.1 Å². The summed E-state index contributed by atoms with van der Waals surface area (Å²) in [6.45, 7) is 0. The number of hydrogen-bond donors (Lipinski definition) is 2. The first-order valence-electron chi connectivity index (χ1n) is 4.67. The molecule has 5 heteroatoms. The molecule has 0 unspecified atom stereocenters. The van der Waals surface area contributed by atoms with Gasteiger partial charge in [-0.15, -0.1) is 0 Å². The Kier molecular flexibility index (Phi) is 2.77. The van der Waals surface area contributed by atoms with Gasteiger partial charge in [-0.1, -0.05) is 6.07 Å². The van der Waals surface area contributed by atoms with E-state index in [0.29, 0.717) is 5.56 Å². The maximum Gasteiger partial charge on any atom is 0.248 e. The number of rotatable bonds is 3. The smallest absolute Gasteiger partial charge is 0.248 e. The molecular formula is C11H10N4O. The van der Waals surface area contributed by atoms with Gasteiger partial charge in [0.25, 0.3) is 0 Å². The van der Waals surface area contributed by atoms with Crippen molar-refractivity contribution in [2.75, 3.05) is 5.32 Å². The molecule has 80 valence electrons. The summed E-state index contributed by atoms with van der Waals surface area (Å²) in [5, 5.41) is 3.07. The Morgan fingerprint density at radius 1 is 1.19 bits per heavy atom. The van der Waals surface area contributed by atoms with E-state index in [9.17, 15) is 4.79 Å². The van der Waals surface area contributed by atoms with E-state index in [0.717, 1.165) is 11.4 Å². The number of amides is 1. The lowest BCUT2D eigenvalue weighted by Crippen LogP contribution is -2.10. The number of anilines is 2. The van der Waals surface area contributed by atoms with Crippen molar-refractivity contribution in [2.24, 2.45) is 5.73 Å². The molecule has 0 saturated carbocycles. The standard InChI is InChI=1S/C11H10N4O/c12-11(16)8-2-1-3-9(4-8)15-10-5-13-7-14-6-10/h1-7,15H,(H2,12,16). The second kappa shape index (κ2) is 4.39. The number of nitrogens with zero attached hydrogens (tertiary/aromatic N) is 2. The SMILES string of the molecule is NC(=O)c1cccc(Nc2cncnc2)c1. The highest BCUT2D eigenvalue weighted by atomic mass is 16.1. The third-order valence-electron chi connectivity index (χ3n) is 2.00. The normalized spacial score (nSPS) is 9.75. The summed E-state index contributed by atoms with van der Waals surface area (Å²) >= 11 is 0. The van der Waals surface area contributed by atoms with E-state index in [4.69, 9.17) is 5.73 Å². The molecule has 0 aliphatic carbocycles. The number of aromatic nitrogens is 2. The van der Waals surface area contributed by atoms with Crippen LogP contribution in [0.4, 0.5) is 11.4 Å². The second-order valence-electron chi connectivity index (χ2n) is 3.20. The predicted octanol–water partition coefficient (Wildman–Crippen LogP) is 1.32. The molecule has 1 aromatic carbocycles. The first-order valence-corrected chi connectivity index (χ1v) is 4.67. The third-order valence-corrected chi connectivity index (χ3v) is 2.00. The van der Waals surface area contributed by atoms with E-state index in [-0.39, 0.29) is 0 Å². The molecule has 0 spiro atoms. The Morgan fingerprint density at radius 2 is 1.94 bits per heavy atom. The van der Waals surface area contributed by atoms with E-state index in [2.05, 4.69) is 15.3 Å². The van der Waals surface area contributed by atoms with Crippen LogP contribution in [0.2, 0.25) is 0 Å². The predicted molar refractivity (Wildman–Crippen MR) is 60.3 cm³/mol. The van der Waals surface area contributed by atoms with Gasteiger partial charge in [-0.05, 0) is 18.2 Å². The largest absolute Gasteiger partial charge is 0.366 e. The van der Waals surface area contributed by atoms with Crippen LogP contribution in [-0.2, 0) is 0 Å². The van der Waals surface area contributed by atoms with Crippen LogP contribution in [0.15, 0.2) is 43.0 Å². The average molecular weight is 214 g/mol. The van der Waals surface area contributed by atoms with Crippen LogP contribution in [-0.4, -0.2) is 15.9 Å². The maximum atomic E-state index is 11.0. The van der Waals surface area contributed by atoms with Crippen molar-refractivity contribution in [3.8, 4) is 0 Å². The van der Waals surface area contributed by atoms with Crippen molar-refractivity contribution in [1.82, 2.24) is 9.97 Å². The number of primary amides is 1. The molecule has 0 atom stereocenters. The van der Waals surface area contributed by atoms with Crippen molar-refractivity contribution < 1.29 is 4.79 Å². The number of benzene rings is 1. The van der Waals surface area contributed by atoms with Crippen LogP contribution in [0.5, 0.6) is 0 Å². The molecule has 1 aromatic heterocycles. The van der Waals surface area contributed by atoms with E-state index in [1.165, 1.54) is 6.33 Å². The molecule has 2 aromatic rings. The van der Waals surface area contributed by atoms with Crippen molar-refractivity contribution >= 4 is 17.3 Å². The lowest BCUT2D eigenvalue weighted by Gasteiger charge is -2.05. The van der Waals surface area contributed by atoms with Gasteiger partial charge in [-0.25, -0.2) is 9.97 Å². The molecule has 0 saturated heterocycles. The maximum absolute atomic E-state index is 11.0. The molecular weight excluding hydrogens is 204 g/mol. The topological polar surface area (TPSA) is 80.9 Å². The summed E-state index contributed by atoms with van der Waals surface area (Å²) < 4.78 is 0. The molecule has 0 radical (unpaired) electrons. The van der Waals surface area contributed by atoms with Crippen molar-refractivity contribution in [3.63, 3.8) is 0 Å². The monoisotopic (exact) mass is 214 g/mol. The van der Waals surface area contributed by atoms with Crippen LogP contribution < -0.4 is 11.1 Å². The highest BCUT2D eigenvalue weighted by Gasteiger charge is 2.01. The van der Waals surface area contributed by atoms with Crippen LogP contribution in [0.3, 0.4) is 0 Å². The average Bonchev–Trinajstić information content (AvgIpc) is 2.30. The third kappa shape index (κ3) is 2.33. The van der Waals surface area contributed by atoms with Crippen LogP contribution in [0, 0.1) is 0 Å². The Bertz CT molecular complexity index is 498. The Labute approximate surface area is 92.3 Å². The zero-order valence-corrected chi connectivity index (χ0v) is 8.42. The first-order chi connectivity index (χ1) is 7.75. The van der Waals surface area contributed by atoms with E-state index in [1.807, 2.05) is 6.07 Å². The Morgan fingerprint density at radius 3 is 2.62 bits per heavy atom. The highest BCUT2D eigenvalue weighted by Crippen LogP contribution is 2.15. The van der Waals surface area contributed by atoms with E-state index >= 15 is 0 Å². The molecule has 2 rings (SSSR count). The molecule has 1 amide bonds. The van der Waals surface area contributed by atoms with Crippen molar-refractivity contribution in [3.05, 3.63) is 48.5 Å². The van der Waals surface area contributed by atoms with Crippen LogP contribution >= 0.6 is 0 Å². The lowest BCUT2D eigenvalue weighted by molar-refractivity contribution is 0.100. The molecule has 0 aliphatic rings. The fourth-order valence-electron chi connectivity index (χ4n) is 1.28. The van der Waals surface area contributed by atoms with Crippen molar-refractivity contribution in [2.45, 2.75) is 0 Å². The fraction of sp³-hybridized carbons (Fsp3) is 0. The molecule has 0 aliphatic heterocycles. The lowest BCUT2D eigenvalue weighted by atomic mass is 10.2. The van der Waals surface area contributed by atoms with E-state index < -0.39 is 5.91 Å². The zero-order chi connectivity index (χ0) is 11.4. The van der Waals surface area contributed by atoms with E-state index in [1.54, 1.807) is 30.6 Å². The Balaban J connectivity index is 2.22. The number of nitrogens with one attached hydrogen (secondary N) is 1. The van der Waals surface area contributed by atoms with Crippen LogP contribution in [0.1, 0.15) is 10.4 Å². The Hall–Kier alpha value is -2.43. The van der Waals surface area contributed by atoms with Gasteiger partial charge in [0.1, 0.15) is 6.33 Å². The van der Waals surface area contributed by atoms with Gasteiger partial charge in [-0.3, -0.25) is 4.79 Å². The number of carbonyl (C=O) groups excluding carboxylic acids is 1. The van der Waals surface area contributed by atoms with Gasteiger partial charge in [0, 0.05) is 11.3 Å². The van der Waals surface area contributed by atoms with Crippen LogP contribution in [0.25, 0.3) is 0 Å². The highest BCUT2D eigenvalue weighted by molar-refractivity contribution is 5.93. The minimum atomic E-state index is -0.451. The van der Waals surface area contributed by atoms with Gasteiger partial charge in [0.05, 0.1) is 18.1 Å². The minimum absolute atomic E-state index is 0.451. The van der Waals surface area contributed by atoms with Crippen molar-refractivity contribution in [1.29, 1.82) is 0 Å². The molecule has 0 fully saturated rings. The molecule has 0 bridgehead atoms. The fourth-order valence-corrected chi connectivity index (χ4v) is 1.28. The van der Waals surface area contributed by atoms with Gasteiger partial charge in [0.15, 0.2) is 0 Å². The quantitative estimate of drug-likeness (QED) is 0.807. The van der Waals surface area contributed by atoms with Gasteiger partial charge >= 0.3 is 0 Å². The number of hydrogen-bond acceptors (Lipinski definition) is 4. The summed E-state index contributed by atoms with van der Waals surface area (Å²) in [6.07, 6.45) is 4.74. The molecule has 16 heavy (non-hydrogen) atoms.